The van der Waals surface area contributed by atoms with Crippen LogP contribution >= 0.6 is 11.8 Å². The van der Waals surface area contributed by atoms with Crippen molar-refractivity contribution in [2.24, 2.45) is 0 Å². The topological polar surface area (TPSA) is 84.5 Å². The Balaban J connectivity index is 1.47. The van der Waals surface area contributed by atoms with E-state index in [2.05, 4.69) is 10.0 Å². The molecule has 2 aliphatic rings. The molecule has 4 rings (SSSR count). The van der Waals surface area contributed by atoms with Crippen LogP contribution in [-0.2, 0) is 14.8 Å². The summed E-state index contributed by atoms with van der Waals surface area (Å²) in [4.78, 5) is 13.8. The van der Waals surface area contributed by atoms with Gasteiger partial charge in [0.15, 0.2) is 0 Å². The second-order valence-electron chi connectivity index (χ2n) is 7.36. The summed E-state index contributed by atoms with van der Waals surface area (Å²) in [6.45, 7) is 0.857. The molecule has 0 bridgehead atoms. The number of hydrogen-bond acceptors (Lipinski definition) is 5. The highest BCUT2D eigenvalue weighted by molar-refractivity contribution is 7.99. The minimum Gasteiger partial charge on any atom is -0.377 e. The molecule has 6 nitrogen and oxygen atoms in total. The van der Waals surface area contributed by atoms with Crippen molar-refractivity contribution in [1.29, 1.82) is 0 Å². The van der Waals surface area contributed by atoms with Gasteiger partial charge in [-0.15, -0.1) is 11.8 Å². The van der Waals surface area contributed by atoms with Gasteiger partial charge < -0.3 is 10.1 Å². The summed E-state index contributed by atoms with van der Waals surface area (Å²) < 4.78 is 46.9. The van der Waals surface area contributed by atoms with Gasteiger partial charge in [0.05, 0.1) is 17.0 Å². The summed E-state index contributed by atoms with van der Waals surface area (Å²) in [6.07, 6.45) is 2.31. The van der Waals surface area contributed by atoms with Crippen molar-refractivity contribution < 1.29 is 22.3 Å². The zero-order chi connectivity index (χ0) is 21.1. The Morgan fingerprint density at radius 2 is 2.07 bits per heavy atom. The van der Waals surface area contributed by atoms with E-state index in [-0.39, 0.29) is 35.0 Å². The number of carbonyl (C=O) groups is 1. The van der Waals surface area contributed by atoms with Gasteiger partial charge in [0.25, 0.3) is 5.91 Å². The zero-order valence-corrected chi connectivity index (χ0v) is 17.9. The second kappa shape index (κ2) is 9.05. The third-order valence-electron chi connectivity index (χ3n) is 5.25. The molecule has 9 heteroatoms. The predicted octanol–water partition coefficient (Wildman–Crippen LogP) is 3.25. The molecule has 2 aromatic rings. The molecule has 2 N–H and O–H groups in total. The number of halogens is 1. The van der Waals surface area contributed by atoms with Gasteiger partial charge in [-0.05, 0) is 61.2 Å². The van der Waals surface area contributed by atoms with E-state index in [1.54, 1.807) is 30.0 Å². The van der Waals surface area contributed by atoms with E-state index in [0.717, 1.165) is 29.1 Å². The molecule has 2 aliphatic heterocycles. The van der Waals surface area contributed by atoms with E-state index in [1.807, 2.05) is 0 Å². The summed E-state index contributed by atoms with van der Waals surface area (Å²) in [6, 6.07) is 10.2. The van der Waals surface area contributed by atoms with Crippen LogP contribution in [0.5, 0.6) is 0 Å². The first-order chi connectivity index (χ1) is 14.4. The zero-order valence-electron chi connectivity index (χ0n) is 16.3. The molecule has 0 aliphatic carbocycles. The van der Waals surface area contributed by atoms with Gasteiger partial charge in [0, 0.05) is 29.4 Å². The van der Waals surface area contributed by atoms with Crippen LogP contribution in [0, 0.1) is 5.82 Å². The van der Waals surface area contributed by atoms with Crippen LogP contribution in [0.2, 0.25) is 0 Å². The van der Waals surface area contributed by atoms with Crippen molar-refractivity contribution in [3.05, 3.63) is 59.4 Å². The smallest absolute Gasteiger partial charge is 0.251 e. The lowest BCUT2D eigenvalue weighted by atomic mass is 10.0. The molecule has 2 aromatic carbocycles. The van der Waals surface area contributed by atoms with Crippen molar-refractivity contribution in [1.82, 2.24) is 10.0 Å². The van der Waals surface area contributed by atoms with Gasteiger partial charge in [0.2, 0.25) is 10.0 Å². The average molecular weight is 451 g/mol. The normalized spacial score (nSPS) is 21.2. The Morgan fingerprint density at radius 3 is 2.87 bits per heavy atom. The maximum Gasteiger partial charge on any atom is 0.251 e. The lowest BCUT2D eigenvalue weighted by Crippen LogP contribution is -2.32. The molecule has 0 radical (unpaired) electrons. The van der Waals surface area contributed by atoms with Gasteiger partial charge in [-0.25, -0.2) is 17.5 Å². The molecular weight excluding hydrogens is 427 g/mol. The number of amides is 1. The summed E-state index contributed by atoms with van der Waals surface area (Å²) in [5, 5.41) is 2.92. The maximum atomic E-state index is 13.7. The van der Waals surface area contributed by atoms with Crippen LogP contribution < -0.4 is 10.0 Å². The molecular formula is C21H23FN2O4S2. The number of nitrogens with one attached hydrogen (secondary N) is 2. The van der Waals surface area contributed by atoms with Crippen LogP contribution in [0.3, 0.4) is 0 Å². The number of ether oxygens (including phenoxy) is 1. The number of benzene rings is 2. The van der Waals surface area contributed by atoms with Gasteiger partial charge in [-0.3, -0.25) is 4.79 Å². The van der Waals surface area contributed by atoms with Crippen LogP contribution in [-0.4, -0.2) is 39.3 Å². The monoisotopic (exact) mass is 450 g/mol. The van der Waals surface area contributed by atoms with Gasteiger partial charge in [-0.2, -0.15) is 0 Å². The van der Waals surface area contributed by atoms with Crippen molar-refractivity contribution >= 4 is 27.7 Å². The standard InChI is InChI=1S/C21H23FN2O4S2/c22-15-6-7-20-18(12-15)19(8-10-29-20)24-21(25)14-3-1-5-17(11-14)30(26,27)23-13-16-4-2-9-28-16/h1,3,5-7,11-12,16,19,23H,2,4,8-10,13H2,(H,24,25). The Kier molecular flexibility index (Phi) is 6.43. The first-order valence-electron chi connectivity index (χ1n) is 9.87. The SMILES string of the molecule is O=C(NC1CCSc2ccc(F)cc21)c1cccc(S(=O)(=O)NCC2CCCO2)c1. The highest BCUT2D eigenvalue weighted by atomic mass is 32.2. The van der Waals surface area contributed by atoms with E-state index >= 15 is 0 Å². The number of rotatable bonds is 6. The quantitative estimate of drug-likeness (QED) is 0.706. The lowest BCUT2D eigenvalue weighted by molar-refractivity contribution is 0.0934. The number of hydrogen-bond donors (Lipinski definition) is 2. The fourth-order valence-electron chi connectivity index (χ4n) is 3.65. The predicted molar refractivity (Wildman–Crippen MR) is 113 cm³/mol. The molecule has 2 heterocycles. The summed E-state index contributed by atoms with van der Waals surface area (Å²) in [5.41, 5.74) is 0.993. The van der Waals surface area contributed by atoms with Gasteiger partial charge in [-0.1, -0.05) is 6.07 Å². The summed E-state index contributed by atoms with van der Waals surface area (Å²) in [7, 11) is -3.75. The van der Waals surface area contributed by atoms with E-state index in [9.17, 15) is 17.6 Å². The Morgan fingerprint density at radius 1 is 1.20 bits per heavy atom. The van der Waals surface area contributed by atoms with Crippen molar-refractivity contribution in [3.8, 4) is 0 Å². The fraction of sp³-hybridized carbons (Fsp3) is 0.381. The summed E-state index contributed by atoms with van der Waals surface area (Å²) >= 11 is 1.63. The largest absolute Gasteiger partial charge is 0.377 e. The molecule has 30 heavy (non-hydrogen) atoms. The highest BCUT2D eigenvalue weighted by Gasteiger charge is 2.25. The number of fused-ring (bicyclic) bond motifs is 1. The van der Waals surface area contributed by atoms with E-state index in [4.69, 9.17) is 4.74 Å². The first-order valence-corrected chi connectivity index (χ1v) is 12.3. The number of thioether (sulfide) groups is 1. The van der Waals surface area contributed by atoms with E-state index < -0.39 is 15.9 Å². The molecule has 1 fully saturated rings. The Hall–Kier alpha value is -1.94. The molecule has 2 unspecified atom stereocenters. The molecule has 1 amide bonds. The minimum atomic E-state index is -3.75. The minimum absolute atomic E-state index is 0.0267. The molecule has 2 atom stereocenters. The first kappa shape index (κ1) is 21.3. The van der Waals surface area contributed by atoms with Crippen molar-refractivity contribution in [2.75, 3.05) is 18.9 Å². The number of carbonyl (C=O) groups excluding carboxylic acids is 1. The van der Waals surface area contributed by atoms with Crippen LogP contribution in [0.25, 0.3) is 0 Å². The van der Waals surface area contributed by atoms with E-state index in [1.165, 1.54) is 24.3 Å². The van der Waals surface area contributed by atoms with Crippen LogP contribution in [0.1, 0.15) is 41.2 Å². The molecule has 1 saturated heterocycles. The Bertz CT molecular complexity index is 1040. The third-order valence-corrected chi connectivity index (χ3v) is 7.79. The van der Waals surface area contributed by atoms with Crippen molar-refractivity contribution in [3.63, 3.8) is 0 Å². The molecule has 160 valence electrons. The van der Waals surface area contributed by atoms with Crippen LogP contribution in [0.4, 0.5) is 4.39 Å². The van der Waals surface area contributed by atoms with Crippen LogP contribution in [0.15, 0.2) is 52.3 Å². The maximum absolute atomic E-state index is 13.7. The third kappa shape index (κ3) is 4.85. The molecule has 0 saturated carbocycles. The van der Waals surface area contributed by atoms with Crippen molar-refractivity contribution in [2.45, 2.75) is 41.2 Å². The van der Waals surface area contributed by atoms with Gasteiger partial charge in [0.1, 0.15) is 5.82 Å². The number of sulfonamides is 1. The summed E-state index contributed by atoms with van der Waals surface area (Å²) in [5.74, 6) is 0.0738. The average Bonchev–Trinajstić information content (AvgIpc) is 3.27. The van der Waals surface area contributed by atoms with Gasteiger partial charge >= 0.3 is 0 Å². The molecule has 0 aromatic heterocycles. The lowest BCUT2D eigenvalue weighted by Gasteiger charge is -2.26. The highest BCUT2D eigenvalue weighted by Crippen LogP contribution is 2.36. The Labute approximate surface area is 179 Å². The second-order valence-corrected chi connectivity index (χ2v) is 10.3. The molecule has 0 spiro atoms. The fourth-order valence-corrected chi connectivity index (χ4v) is 5.87. The van der Waals surface area contributed by atoms with E-state index in [0.29, 0.717) is 13.0 Å².